The van der Waals surface area contributed by atoms with Gasteiger partial charge in [-0.2, -0.15) is 0 Å². The summed E-state index contributed by atoms with van der Waals surface area (Å²) in [6.07, 6.45) is 3.15. The smallest absolute Gasteiger partial charge is 0.111 e. The molecule has 0 aromatic carbocycles. The number of hydrogen-bond donors (Lipinski definition) is 1. The lowest BCUT2D eigenvalue weighted by Crippen LogP contribution is -2.28. The third-order valence-electron chi connectivity index (χ3n) is 1.79. The summed E-state index contributed by atoms with van der Waals surface area (Å²) in [4.78, 5) is 4.37. The van der Waals surface area contributed by atoms with Crippen LogP contribution in [0.4, 0.5) is 0 Å². The number of fused-ring (bicyclic) bond motifs is 1. The molecular weight excluding hydrogens is 126 g/mol. The van der Waals surface area contributed by atoms with Crippen LogP contribution in [0.3, 0.4) is 0 Å². The second-order valence-electron chi connectivity index (χ2n) is 2.68. The molecule has 0 atom stereocenters. The quantitative estimate of drug-likeness (QED) is 0.557. The molecule has 3 heteroatoms. The summed E-state index contributed by atoms with van der Waals surface area (Å²) in [6, 6.07) is 0. The topological polar surface area (TPSA) is 29.9 Å². The molecule has 0 bridgehead atoms. The fraction of sp³-hybridized carbons (Fsp3) is 0.571. The zero-order valence-corrected chi connectivity index (χ0v) is 6.09. The maximum absolute atomic E-state index is 4.37. The minimum atomic E-state index is 0.927. The number of aryl methyl sites for hydroxylation is 1. The van der Waals surface area contributed by atoms with Crippen LogP contribution in [0.2, 0.25) is 0 Å². The van der Waals surface area contributed by atoms with Crippen LogP contribution in [0, 0.1) is 6.92 Å². The predicted octanol–water partition coefficient (Wildman–Crippen LogP) is 0.295. The van der Waals surface area contributed by atoms with Crippen molar-refractivity contribution < 1.29 is 0 Å². The summed E-state index contributed by atoms with van der Waals surface area (Å²) < 4.78 is 2.17. The first-order chi connectivity index (χ1) is 4.86. The van der Waals surface area contributed by atoms with Crippen molar-refractivity contribution in [3.05, 3.63) is 17.7 Å². The molecular formula is C7H11N3. The Hall–Kier alpha value is -0.830. The Labute approximate surface area is 60.1 Å². The van der Waals surface area contributed by atoms with E-state index in [4.69, 9.17) is 0 Å². The van der Waals surface area contributed by atoms with Crippen LogP contribution in [-0.4, -0.2) is 16.1 Å². The van der Waals surface area contributed by atoms with Gasteiger partial charge in [0.1, 0.15) is 5.82 Å². The van der Waals surface area contributed by atoms with E-state index in [9.17, 15) is 0 Å². The van der Waals surface area contributed by atoms with Crippen molar-refractivity contribution in [2.75, 3.05) is 6.54 Å². The second kappa shape index (κ2) is 2.09. The monoisotopic (exact) mass is 137 g/mol. The van der Waals surface area contributed by atoms with E-state index in [1.165, 1.54) is 5.82 Å². The first kappa shape index (κ1) is 5.92. The normalized spacial score (nSPS) is 16.9. The zero-order valence-electron chi connectivity index (χ0n) is 6.09. The highest BCUT2D eigenvalue weighted by atomic mass is 15.2. The average Bonchev–Trinajstić information content (AvgIpc) is 2.27. The number of rotatable bonds is 0. The Kier molecular flexibility index (Phi) is 1.24. The summed E-state index contributed by atoms with van der Waals surface area (Å²) in [7, 11) is 0. The van der Waals surface area contributed by atoms with Gasteiger partial charge in [-0.1, -0.05) is 0 Å². The van der Waals surface area contributed by atoms with Gasteiger partial charge >= 0.3 is 0 Å². The molecule has 0 radical (unpaired) electrons. The van der Waals surface area contributed by atoms with Crippen LogP contribution in [0.1, 0.15) is 11.5 Å². The number of aromatic nitrogens is 2. The van der Waals surface area contributed by atoms with Gasteiger partial charge in [-0.25, -0.2) is 4.98 Å². The van der Waals surface area contributed by atoms with Gasteiger partial charge in [0, 0.05) is 19.2 Å². The molecule has 0 saturated carbocycles. The molecule has 54 valence electrons. The molecule has 2 rings (SSSR count). The number of hydrogen-bond acceptors (Lipinski definition) is 2. The fourth-order valence-electron chi connectivity index (χ4n) is 1.33. The van der Waals surface area contributed by atoms with Crippen molar-refractivity contribution >= 4 is 0 Å². The summed E-state index contributed by atoms with van der Waals surface area (Å²) >= 11 is 0. The van der Waals surface area contributed by atoms with Gasteiger partial charge in [0.15, 0.2) is 0 Å². The van der Waals surface area contributed by atoms with E-state index in [1.54, 1.807) is 0 Å². The molecule has 0 spiro atoms. The highest BCUT2D eigenvalue weighted by Gasteiger charge is 2.08. The molecule has 1 aliphatic rings. The maximum Gasteiger partial charge on any atom is 0.111 e. The molecule has 3 nitrogen and oxygen atoms in total. The van der Waals surface area contributed by atoms with E-state index >= 15 is 0 Å². The van der Waals surface area contributed by atoms with Gasteiger partial charge in [-0.05, 0) is 6.92 Å². The van der Waals surface area contributed by atoms with Gasteiger partial charge in [-0.3, -0.25) is 5.32 Å². The minimum Gasteiger partial charge on any atom is -0.321 e. The molecule has 0 unspecified atom stereocenters. The van der Waals surface area contributed by atoms with E-state index in [0.29, 0.717) is 0 Å². The molecule has 0 amide bonds. The van der Waals surface area contributed by atoms with Gasteiger partial charge in [0.2, 0.25) is 0 Å². The highest BCUT2D eigenvalue weighted by molar-refractivity contribution is 5.03. The summed E-state index contributed by atoms with van der Waals surface area (Å²) in [5.41, 5.74) is 1.12. The first-order valence-corrected chi connectivity index (χ1v) is 3.59. The molecule has 0 fully saturated rings. The van der Waals surface area contributed by atoms with Crippen molar-refractivity contribution in [3.63, 3.8) is 0 Å². The van der Waals surface area contributed by atoms with Gasteiger partial charge in [-0.15, -0.1) is 0 Å². The minimum absolute atomic E-state index is 0.927. The SMILES string of the molecule is Cc1cn2c(n1)CCNC2. The van der Waals surface area contributed by atoms with E-state index in [1.807, 2.05) is 6.92 Å². The van der Waals surface area contributed by atoms with E-state index in [0.717, 1.165) is 25.3 Å². The van der Waals surface area contributed by atoms with Crippen molar-refractivity contribution in [1.82, 2.24) is 14.9 Å². The van der Waals surface area contributed by atoms with Crippen LogP contribution in [-0.2, 0) is 13.1 Å². The lowest BCUT2D eigenvalue weighted by molar-refractivity contribution is 0.487. The maximum atomic E-state index is 4.37. The number of imidazole rings is 1. The molecule has 1 aromatic heterocycles. The lowest BCUT2D eigenvalue weighted by atomic mass is 10.3. The number of nitrogens with one attached hydrogen (secondary N) is 1. The van der Waals surface area contributed by atoms with E-state index in [2.05, 4.69) is 21.1 Å². The average molecular weight is 137 g/mol. The fourth-order valence-corrected chi connectivity index (χ4v) is 1.33. The summed E-state index contributed by atoms with van der Waals surface area (Å²) in [6.45, 7) is 4.03. The summed E-state index contributed by atoms with van der Waals surface area (Å²) in [5, 5.41) is 3.28. The van der Waals surface area contributed by atoms with E-state index < -0.39 is 0 Å². The molecule has 2 heterocycles. The molecule has 1 aromatic rings. The van der Waals surface area contributed by atoms with Crippen molar-refractivity contribution in [1.29, 1.82) is 0 Å². The van der Waals surface area contributed by atoms with Crippen LogP contribution in [0.25, 0.3) is 0 Å². The van der Waals surface area contributed by atoms with Crippen molar-refractivity contribution in [2.24, 2.45) is 0 Å². The first-order valence-electron chi connectivity index (χ1n) is 3.59. The third-order valence-corrected chi connectivity index (χ3v) is 1.79. The Balaban J connectivity index is 2.41. The molecule has 10 heavy (non-hydrogen) atoms. The molecule has 1 N–H and O–H groups in total. The molecule has 0 aliphatic carbocycles. The molecule has 1 aliphatic heterocycles. The second-order valence-corrected chi connectivity index (χ2v) is 2.68. The summed E-state index contributed by atoms with van der Waals surface area (Å²) in [5.74, 6) is 1.22. The van der Waals surface area contributed by atoms with Gasteiger partial charge < -0.3 is 4.57 Å². The zero-order chi connectivity index (χ0) is 6.97. The Bertz CT molecular complexity index is 215. The molecule has 0 saturated heterocycles. The van der Waals surface area contributed by atoms with Crippen molar-refractivity contribution in [3.8, 4) is 0 Å². The Morgan fingerprint density at radius 3 is 3.40 bits per heavy atom. The van der Waals surface area contributed by atoms with Crippen LogP contribution in [0.15, 0.2) is 6.20 Å². The third kappa shape index (κ3) is 0.827. The largest absolute Gasteiger partial charge is 0.321 e. The lowest BCUT2D eigenvalue weighted by Gasteiger charge is -2.13. The van der Waals surface area contributed by atoms with Gasteiger partial charge in [0.25, 0.3) is 0 Å². The highest BCUT2D eigenvalue weighted by Crippen LogP contribution is 2.04. The number of nitrogens with zero attached hydrogens (tertiary/aromatic N) is 2. The van der Waals surface area contributed by atoms with Gasteiger partial charge in [0.05, 0.1) is 12.4 Å². The van der Waals surface area contributed by atoms with Crippen LogP contribution < -0.4 is 5.32 Å². The predicted molar refractivity (Wildman–Crippen MR) is 38.7 cm³/mol. The Morgan fingerprint density at radius 1 is 1.70 bits per heavy atom. The van der Waals surface area contributed by atoms with Crippen LogP contribution in [0.5, 0.6) is 0 Å². The van der Waals surface area contributed by atoms with Crippen LogP contribution >= 0.6 is 0 Å². The van der Waals surface area contributed by atoms with E-state index in [-0.39, 0.29) is 0 Å². The standard InChI is InChI=1S/C7H11N3/c1-6-4-10-5-8-3-2-7(10)9-6/h4,8H,2-3,5H2,1H3. The Morgan fingerprint density at radius 2 is 2.60 bits per heavy atom. The van der Waals surface area contributed by atoms with Crippen molar-refractivity contribution in [2.45, 2.75) is 20.0 Å².